The van der Waals surface area contributed by atoms with Gasteiger partial charge in [0, 0.05) is 55.6 Å². The first-order chi connectivity index (χ1) is 19.0. The molecule has 2 aromatic carbocycles. The molecule has 0 aliphatic carbocycles. The molecule has 0 aliphatic heterocycles. The molecule has 0 saturated carbocycles. The van der Waals surface area contributed by atoms with Crippen molar-refractivity contribution in [3.63, 3.8) is 0 Å². The molecule has 0 atom stereocenters. The summed E-state index contributed by atoms with van der Waals surface area (Å²) in [7, 11) is 0. The second-order valence-electron chi connectivity index (χ2n) is 10.5. The molecule has 221 valence electrons. The number of aromatic nitrogens is 2. The predicted molar refractivity (Wildman–Crippen MR) is 166 cm³/mol. The molecule has 1 heterocycles. The van der Waals surface area contributed by atoms with E-state index < -0.39 is 0 Å². The van der Waals surface area contributed by atoms with Crippen LogP contribution in [-0.2, 0) is 24.9 Å². The van der Waals surface area contributed by atoms with Crippen LogP contribution < -0.4 is 0 Å². The Labute approximate surface area is 260 Å². The minimum Gasteiger partial charge on any atom is -0.512 e. The summed E-state index contributed by atoms with van der Waals surface area (Å²) in [6.07, 6.45) is 6.70. The van der Waals surface area contributed by atoms with Crippen LogP contribution in [0.25, 0.3) is 27.4 Å². The molecule has 0 aliphatic rings. The van der Waals surface area contributed by atoms with Gasteiger partial charge >= 0.3 is 0 Å². The van der Waals surface area contributed by atoms with Crippen LogP contribution in [0.1, 0.15) is 81.3 Å². The van der Waals surface area contributed by atoms with Crippen LogP contribution in [0, 0.1) is 59.1 Å². The Morgan fingerprint density at radius 2 is 1.61 bits per heavy atom. The maximum Gasteiger partial charge on any atom is 0.193 e. The van der Waals surface area contributed by atoms with Crippen molar-refractivity contribution >= 4 is 11.5 Å². The first-order valence-corrected chi connectivity index (χ1v) is 14.3. The Morgan fingerprint density at radius 3 is 2.12 bits per heavy atom. The number of ketones is 1. The zero-order valence-electron chi connectivity index (χ0n) is 26.0. The van der Waals surface area contributed by atoms with Crippen molar-refractivity contribution < 1.29 is 30.0 Å². The number of aliphatic hydroxyl groups excluding tert-OH is 1. The van der Waals surface area contributed by atoms with Crippen molar-refractivity contribution in [2.75, 3.05) is 0 Å². The molecule has 0 bridgehead atoms. The van der Waals surface area contributed by atoms with Gasteiger partial charge in [-0.3, -0.25) is 9.78 Å². The van der Waals surface area contributed by atoms with Crippen molar-refractivity contribution in [3.8, 4) is 22.5 Å². The molecule has 1 radical (unpaired) electrons. The van der Waals surface area contributed by atoms with Gasteiger partial charge in [0.05, 0.1) is 18.0 Å². The minimum absolute atomic E-state index is 0. The predicted octanol–water partition coefficient (Wildman–Crippen LogP) is 9.57. The van der Waals surface area contributed by atoms with Gasteiger partial charge in [-0.15, -0.1) is 34.9 Å². The molecule has 0 saturated heterocycles. The Morgan fingerprint density at radius 1 is 1.00 bits per heavy atom. The number of allylic oxidation sites excluding steroid dienone is 2. The van der Waals surface area contributed by atoms with Crippen molar-refractivity contribution in [2.24, 2.45) is 11.8 Å². The van der Waals surface area contributed by atoms with E-state index in [1.807, 2.05) is 67.5 Å². The first-order valence-electron chi connectivity index (χ1n) is 14.3. The number of aliphatic hydroxyl groups is 1. The fourth-order valence-electron chi connectivity index (χ4n) is 4.96. The van der Waals surface area contributed by atoms with Crippen LogP contribution >= 0.6 is 0 Å². The number of hydrogen-bond acceptors (Lipinski definition) is 4. The molecule has 3 aromatic rings. The summed E-state index contributed by atoms with van der Waals surface area (Å²) in [5, 5.41) is 9.76. The monoisotopic (exact) mass is 731 g/mol. The van der Waals surface area contributed by atoms with Crippen molar-refractivity contribution in [2.45, 2.75) is 88.0 Å². The summed E-state index contributed by atoms with van der Waals surface area (Å²) < 4.78 is 0. The second-order valence-corrected chi connectivity index (χ2v) is 10.5. The molecule has 1 N–H and O–H groups in total. The number of carbonyl (C=O) groups excluding carboxylic acids is 1. The summed E-state index contributed by atoms with van der Waals surface area (Å²) in [4.78, 5) is 24.8. The van der Waals surface area contributed by atoms with Gasteiger partial charge < -0.3 is 10.1 Å². The molecule has 41 heavy (non-hydrogen) atoms. The summed E-state index contributed by atoms with van der Waals surface area (Å²) in [6, 6.07) is 11.5. The Hall–Kier alpha value is -3.13. The van der Waals surface area contributed by atoms with Crippen LogP contribution in [0.4, 0.5) is 5.69 Å². The van der Waals surface area contributed by atoms with Gasteiger partial charge in [0.15, 0.2) is 11.5 Å². The fourth-order valence-corrected chi connectivity index (χ4v) is 4.96. The third kappa shape index (κ3) is 9.45. The zero-order valence-corrected chi connectivity index (χ0v) is 28.4. The molecule has 5 nitrogen and oxygen atoms in total. The summed E-state index contributed by atoms with van der Waals surface area (Å²) >= 11 is 0. The fraction of sp³-hybridized carbons (Fsp3) is 0.429. The molecule has 0 amide bonds. The molecule has 6 heteroatoms. The minimum atomic E-state index is 0. The normalized spacial score (nSPS) is 11.0. The van der Waals surface area contributed by atoms with Gasteiger partial charge in [0.1, 0.15) is 0 Å². The molecule has 0 unspecified atom stereocenters. The Bertz CT molecular complexity index is 1380. The topological polar surface area (TPSA) is 67.4 Å². The largest absolute Gasteiger partial charge is 0.512 e. The maximum absolute atomic E-state index is 11.7. The molecular weight excluding hydrogens is 687 g/mol. The van der Waals surface area contributed by atoms with E-state index in [1.54, 1.807) is 6.20 Å². The smallest absolute Gasteiger partial charge is 0.193 e. The summed E-state index contributed by atoms with van der Waals surface area (Å²) in [6.45, 7) is 25.5. The SMILES string of the molecule is CCC(CC)C(=O)/C=C(\O)C(CC)CC.[C-]#[N+]c1c(C)ccc(-c2cnc(-c3[c-]c(C)cc(C)c3)c(C)n2)c1C.[Ir]. The van der Waals surface area contributed by atoms with Crippen LogP contribution in [-0.4, -0.2) is 20.9 Å². The van der Waals surface area contributed by atoms with E-state index in [2.05, 4.69) is 35.0 Å². The Kier molecular flexibility index (Phi) is 14.9. The van der Waals surface area contributed by atoms with Crippen molar-refractivity contribution in [1.82, 2.24) is 9.97 Å². The number of nitrogens with zero attached hydrogens (tertiary/aromatic N) is 3. The molecule has 1 aromatic heterocycles. The third-order valence-corrected chi connectivity index (χ3v) is 7.45. The zero-order chi connectivity index (χ0) is 30.0. The maximum atomic E-state index is 11.7. The number of carbonyl (C=O) groups is 1. The average Bonchev–Trinajstić information content (AvgIpc) is 2.90. The van der Waals surface area contributed by atoms with Crippen LogP contribution in [0.5, 0.6) is 0 Å². The van der Waals surface area contributed by atoms with E-state index in [0.717, 1.165) is 70.6 Å². The van der Waals surface area contributed by atoms with Gasteiger partial charge in [-0.2, -0.15) is 0 Å². The molecule has 0 fully saturated rings. The van der Waals surface area contributed by atoms with Crippen molar-refractivity contribution in [1.29, 1.82) is 0 Å². The Balaban J connectivity index is 0.000000456. The third-order valence-electron chi connectivity index (χ3n) is 7.45. The molecule has 0 spiro atoms. The number of aryl methyl sites for hydroxylation is 4. The van der Waals surface area contributed by atoms with Gasteiger partial charge in [-0.1, -0.05) is 53.7 Å². The quantitative estimate of drug-likeness (QED) is 0.135. The van der Waals surface area contributed by atoms with E-state index in [-0.39, 0.29) is 43.5 Å². The molecular formula is C35H44IrN3O2-. The van der Waals surface area contributed by atoms with E-state index in [4.69, 9.17) is 11.6 Å². The summed E-state index contributed by atoms with van der Waals surface area (Å²) in [5.74, 6) is 0.547. The van der Waals surface area contributed by atoms with E-state index in [1.165, 1.54) is 11.6 Å². The molecule has 3 rings (SSSR count). The van der Waals surface area contributed by atoms with Gasteiger partial charge in [-0.25, -0.2) is 4.85 Å². The average molecular weight is 731 g/mol. The number of benzene rings is 2. The number of rotatable bonds is 9. The van der Waals surface area contributed by atoms with Crippen LogP contribution in [0.15, 0.2) is 42.3 Å². The van der Waals surface area contributed by atoms with E-state index >= 15 is 0 Å². The van der Waals surface area contributed by atoms with E-state index in [0.29, 0.717) is 5.69 Å². The van der Waals surface area contributed by atoms with Crippen LogP contribution in [0.3, 0.4) is 0 Å². The van der Waals surface area contributed by atoms with Gasteiger partial charge in [0.2, 0.25) is 0 Å². The van der Waals surface area contributed by atoms with Gasteiger partial charge in [0.25, 0.3) is 0 Å². The van der Waals surface area contributed by atoms with Crippen LogP contribution in [0.2, 0.25) is 0 Å². The van der Waals surface area contributed by atoms with E-state index in [9.17, 15) is 9.90 Å². The first kappa shape index (κ1) is 35.9. The number of hydrogen-bond donors (Lipinski definition) is 1. The second kappa shape index (κ2) is 17.0. The summed E-state index contributed by atoms with van der Waals surface area (Å²) in [5.41, 5.74) is 9.37. The standard InChI is InChI=1S/C22H20N3.C13H24O2.Ir/c1-13-9-14(2)11-18(10-13)22-17(5)25-20(12-24-22)19-8-7-15(3)21(23-6)16(19)4;1-5-10(6-2)12(14)9-13(15)11(7-3)8-4;/h7-10,12H,1-5H3;9-11,14H,5-8H2,1-4H3;/q-1;;/b;12-9-;. The van der Waals surface area contributed by atoms with Crippen molar-refractivity contribution in [3.05, 3.63) is 87.7 Å². The van der Waals surface area contributed by atoms with Gasteiger partial charge in [-0.05, 0) is 63.1 Å².